The lowest BCUT2D eigenvalue weighted by molar-refractivity contribution is 0.545. The molecule has 0 aliphatic heterocycles. The van der Waals surface area contributed by atoms with Crippen LogP contribution in [0.15, 0.2) is 30.3 Å². The third-order valence-electron chi connectivity index (χ3n) is 3.77. The Labute approximate surface area is 130 Å². The summed E-state index contributed by atoms with van der Waals surface area (Å²) in [6, 6.07) is 10.8. The second-order valence-electron chi connectivity index (χ2n) is 6.67. The number of benzene rings is 1. The summed E-state index contributed by atoms with van der Waals surface area (Å²) in [5, 5.41) is 4.00. The van der Waals surface area contributed by atoms with Crippen LogP contribution in [0.5, 0.6) is 0 Å². The van der Waals surface area contributed by atoms with E-state index in [1.54, 1.807) is 6.07 Å². The zero-order chi connectivity index (χ0) is 15.0. The Hall–Kier alpha value is -1.61. The average Bonchev–Trinajstić information content (AvgIpc) is 2.79. The Balaban J connectivity index is 1.79. The predicted octanol–water partition coefficient (Wildman–Crippen LogP) is 4.01. The van der Waals surface area contributed by atoms with Crippen molar-refractivity contribution >= 4 is 17.4 Å². The van der Waals surface area contributed by atoms with Crippen molar-refractivity contribution < 1.29 is 0 Å². The van der Waals surface area contributed by atoms with Gasteiger partial charge in [0.05, 0.1) is 0 Å². The SMILES string of the molecule is CC(C)(C)c1nc(Cl)cc(NC2Cc3ccccc3C2)n1. The highest BCUT2D eigenvalue weighted by atomic mass is 35.5. The predicted molar refractivity (Wildman–Crippen MR) is 87.0 cm³/mol. The molecule has 1 N–H and O–H groups in total. The highest BCUT2D eigenvalue weighted by molar-refractivity contribution is 6.29. The summed E-state index contributed by atoms with van der Waals surface area (Å²) in [5.74, 6) is 1.59. The number of nitrogens with one attached hydrogen (secondary N) is 1. The molecule has 1 aromatic carbocycles. The summed E-state index contributed by atoms with van der Waals surface area (Å²) < 4.78 is 0. The summed E-state index contributed by atoms with van der Waals surface area (Å²) in [5.41, 5.74) is 2.73. The molecular weight excluding hydrogens is 282 g/mol. The first kappa shape index (κ1) is 14.3. The smallest absolute Gasteiger partial charge is 0.137 e. The molecule has 0 bridgehead atoms. The average molecular weight is 302 g/mol. The lowest BCUT2D eigenvalue weighted by Gasteiger charge is -2.19. The van der Waals surface area contributed by atoms with Crippen LogP contribution in [0.1, 0.15) is 37.7 Å². The van der Waals surface area contributed by atoms with Gasteiger partial charge in [0.25, 0.3) is 0 Å². The molecule has 0 saturated heterocycles. The monoisotopic (exact) mass is 301 g/mol. The van der Waals surface area contributed by atoms with Crippen LogP contribution in [0.25, 0.3) is 0 Å². The van der Waals surface area contributed by atoms with Crippen molar-refractivity contribution in [1.82, 2.24) is 9.97 Å². The van der Waals surface area contributed by atoms with Crippen molar-refractivity contribution in [3.63, 3.8) is 0 Å². The van der Waals surface area contributed by atoms with Crippen molar-refractivity contribution in [3.8, 4) is 0 Å². The van der Waals surface area contributed by atoms with Gasteiger partial charge in [-0.3, -0.25) is 0 Å². The van der Waals surface area contributed by atoms with Crippen LogP contribution >= 0.6 is 11.6 Å². The maximum absolute atomic E-state index is 6.14. The minimum atomic E-state index is -0.111. The van der Waals surface area contributed by atoms with Crippen LogP contribution < -0.4 is 5.32 Å². The van der Waals surface area contributed by atoms with Crippen molar-refractivity contribution in [2.45, 2.75) is 45.1 Å². The van der Waals surface area contributed by atoms with E-state index in [2.05, 4.69) is 60.3 Å². The Morgan fingerprint density at radius 3 is 2.29 bits per heavy atom. The molecule has 3 nitrogen and oxygen atoms in total. The van der Waals surface area contributed by atoms with Gasteiger partial charge in [0.1, 0.15) is 16.8 Å². The molecule has 1 aliphatic carbocycles. The second kappa shape index (κ2) is 5.30. The van der Waals surface area contributed by atoms with Gasteiger partial charge in [0.2, 0.25) is 0 Å². The van der Waals surface area contributed by atoms with Crippen LogP contribution in [0, 0.1) is 0 Å². The summed E-state index contributed by atoms with van der Waals surface area (Å²) in [6.07, 6.45) is 2.06. The number of nitrogens with zero attached hydrogens (tertiary/aromatic N) is 2. The van der Waals surface area contributed by atoms with E-state index >= 15 is 0 Å². The van der Waals surface area contributed by atoms with Crippen molar-refractivity contribution in [1.29, 1.82) is 0 Å². The Bertz CT molecular complexity index is 636. The number of halogens is 1. The van der Waals surface area contributed by atoms with Crippen LogP contribution in [0.4, 0.5) is 5.82 Å². The number of fused-ring (bicyclic) bond motifs is 1. The van der Waals surface area contributed by atoms with Crippen LogP contribution in [0.2, 0.25) is 5.15 Å². The molecule has 0 spiro atoms. The molecule has 0 saturated carbocycles. The molecule has 21 heavy (non-hydrogen) atoms. The van der Waals surface area contributed by atoms with Gasteiger partial charge in [-0.25, -0.2) is 9.97 Å². The molecule has 0 fully saturated rings. The number of rotatable bonds is 2. The second-order valence-corrected chi connectivity index (χ2v) is 7.05. The van der Waals surface area contributed by atoms with E-state index in [-0.39, 0.29) is 5.41 Å². The number of hydrogen-bond donors (Lipinski definition) is 1. The maximum Gasteiger partial charge on any atom is 0.137 e. The fourth-order valence-corrected chi connectivity index (χ4v) is 2.88. The van der Waals surface area contributed by atoms with E-state index in [4.69, 9.17) is 11.6 Å². The zero-order valence-corrected chi connectivity index (χ0v) is 13.4. The molecule has 0 amide bonds. The van der Waals surface area contributed by atoms with Crippen molar-refractivity contribution in [2.24, 2.45) is 0 Å². The van der Waals surface area contributed by atoms with Crippen LogP contribution in [-0.2, 0) is 18.3 Å². The van der Waals surface area contributed by atoms with E-state index < -0.39 is 0 Å². The highest BCUT2D eigenvalue weighted by Gasteiger charge is 2.23. The van der Waals surface area contributed by atoms with Gasteiger partial charge >= 0.3 is 0 Å². The van der Waals surface area contributed by atoms with Gasteiger partial charge in [0.15, 0.2) is 0 Å². The standard InChI is InChI=1S/C17H20ClN3/c1-17(2,3)16-20-14(18)10-15(21-16)19-13-8-11-6-4-5-7-12(11)9-13/h4-7,10,13H,8-9H2,1-3H3,(H,19,20,21). The van der Waals surface area contributed by atoms with E-state index in [0.717, 1.165) is 24.5 Å². The number of hydrogen-bond acceptors (Lipinski definition) is 3. The van der Waals surface area contributed by atoms with Crippen LogP contribution in [0.3, 0.4) is 0 Å². The molecule has 4 heteroatoms. The summed E-state index contributed by atoms with van der Waals surface area (Å²) in [7, 11) is 0. The molecule has 1 heterocycles. The Kier molecular flexibility index (Phi) is 3.62. The fraction of sp³-hybridized carbons (Fsp3) is 0.412. The molecule has 0 unspecified atom stereocenters. The van der Waals surface area contributed by atoms with Crippen molar-refractivity contribution in [3.05, 3.63) is 52.4 Å². The largest absolute Gasteiger partial charge is 0.367 e. The van der Waals surface area contributed by atoms with Gasteiger partial charge in [-0.2, -0.15) is 0 Å². The number of aromatic nitrogens is 2. The summed E-state index contributed by atoms with van der Waals surface area (Å²) in [6.45, 7) is 6.27. The van der Waals surface area contributed by atoms with Gasteiger partial charge in [-0.1, -0.05) is 56.6 Å². The first-order valence-electron chi connectivity index (χ1n) is 7.30. The van der Waals surface area contributed by atoms with Crippen LogP contribution in [-0.4, -0.2) is 16.0 Å². The lowest BCUT2D eigenvalue weighted by Crippen LogP contribution is -2.22. The van der Waals surface area contributed by atoms with E-state index in [9.17, 15) is 0 Å². The van der Waals surface area contributed by atoms with Crippen molar-refractivity contribution in [2.75, 3.05) is 5.32 Å². The third-order valence-corrected chi connectivity index (χ3v) is 3.96. The molecule has 0 atom stereocenters. The normalized spacial score (nSPS) is 15.0. The first-order valence-corrected chi connectivity index (χ1v) is 7.68. The van der Waals surface area contributed by atoms with E-state index in [1.807, 2.05) is 0 Å². The summed E-state index contributed by atoms with van der Waals surface area (Å²) >= 11 is 6.14. The van der Waals surface area contributed by atoms with E-state index in [1.165, 1.54) is 11.1 Å². The van der Waals surface area contributed by atoms with Gasteiger partial charge in [-0.05, 0) is 24.0 Å². The fourth-order valence-electron chi connectivity index (χ4n) is 2.70. The van der Waals surface area contributed by atoms with Gasteiger partial charge in [-0.15, -0.1) is 0 Å². The lowest BCUT2D eigenvalue weighted by atomic mass is 9.96. The maximum atomic E-state index is 6.14. The molecule has 0 radical (unpaired) electrons. The molecule has 1 aliphatic rings. The Morgan fingerprint density at radius 1 is 1.10 bits per heavy atom. The molecule has 3 rings (SSSR count). The molecule has 2 aromatic rings. The highest BCUT2D eigenvalue weighted by Crippen LogP contribution is 2.26. The quantitative estimate of drug-likeness (QED) is 0.852. The van der Waals surface area contributed by atoms with Gasteiger partial charge < -0.3 is 5.32 Å². The van der Waals surface area contributed by atoms with Gasteiger partial charge in [0, 0.05) is 17.5 Å². The Morgan fingerprint density at radius 2 is 1.71 bits per heavy atom. The summed E-state index contributed by atoms with van der Waals surface area (Å²) in [4.78, 5) is 8.96. The zero-order valence-electron chi connectivity index (χ0n) is 12.7. The number of anilines is 1. The molecular formula is C17H20ClN3. The minimum absolute atomic E-state index is 0.111. The molecule has 1 aromatic heterocycles. The topological polar surface area (TPSA) is 37.8 Å². The third kappa shape index (κ3) is 3.18. The minimum Gasteiger partial charge on any atom is -0.367 e. The molecule has 110 valence electrons. The van der Waals surface area contributed by atoms with E-state index in [0.29, 0.717) is 11.2 Å². The first-order chi connectivity index (χ1) is 9.91.